The lowest BCUT2D eigenvalue weighted by Crippen LogP contribution is -2.35. The van der Waals surface area contributed by atoms with E-state index < -0.39 is 5.79 Å². The Labute approximate surface area is 262 Å². The number of aliphatic hydroxyl groups is 1. The molecule has 0 spiro atoms. The lowest BCUT2D eigenvalue weighted by Gasteiger charge is -2.25. The highest BCUT2D eigenvalue weighted by molar-refractivity contribution is 5.88. The summed E-state index contributed by atoms with van der Waals surface area (Å²) in [7, 11) is 3.25. The molecule has 2 aliphatic rings. The third-order valence-electron chi connectivity index (χ3n) is 8.27. The number of fused-ring (bicyclic) bond motifs is 2. The Balaban J connectivity index is 1.38. The number of aryl methyl sites for hydroxylation is 2. The zero-order valence-corrected chi connectivity index (χ0v) is 26.8. The predicted octanol–water partition coefficient (Wildman–Crippen LogP) is 5.24. The van der Waals surface area contributed by atoms with Crippen molar-refractivity contribution < 1.29 is 33.2 Å². The summed E-state index contributed by atoms with van der Waals surface area (Å²) in [6.45, 7) is 10.5. The van der Waals surface area contributed by atoms with Crippen LogP contribution in [-0.4, -0.2) is 71.5 Å². The average molecular weight is 620 g/mol. The van der Waals surface area contributed by atoms with E-state index >= 15 is 0 Å². The molecule has 0 amide bonds. The van der Waals surface area contributed by atoms with E-state index in [1.807, 2.05) is 65.0 Å². The molecule has 4 heterocycles. The maximum absolute atomic E-state index is 10.2. The SMILES string of the molecule is CCOc1cc2cc(-c3c(C)nc(NCc4cc(OC)cc(OC)c4)nc3N[C@@H]3C[C@H](CO)[C@H]4OC(C)(C)O[C@H]43)oc2c(C)n1. The zero-order chi connectivity index (χ0) is 31.9. The first-order valence-corrected chi connectivity index (χ1v) is 15.2. The Morgan fingerprint density at radius 3 is 2.38 bits per heavy atom. The van der Waals surface area contributed by atoms with Crippen LogP contribution in [0.4, 0.5) is 11.8 Å². The number of ether oxygens (including phenoxy) is 5. The van der Waals surface area contributed by atoms with Gasteiger partial charge in [-0.2, -0.15) is 4.98 Å². The Hall–Kier alpha value is -4.13. The number of aliphatic hydroxyl groups excluding tert-OH is 1. The summed E-state index contributed by atoms with van der Waals surface area (Å²) in [6, 6.07) is 9.36. The van der Waals surface area contributed by atoms with E-state index in [9.17, 15) is 5.11 Å². The Kier molecular flexibility index (Phi) is 8.47. The van der Waals surface area contributed by atoms with Gasteiger partial charge in [0.25, 0.3) is 0 Å². The summed E-state index contributed by atoms with van der Waals surface area (Å²) in [5.41, 5.74) is 3.78. The van der Waals surface area contributed by atoms with Crippen LogP contribution in [0.3, 0.4) is 0 Å². The first-order chi connectivity index (χ1) is 21.6. The molecule has 4 atom stereocenters. The van der Waals surface area contributed by atoms with Crippen molar-refractivity contribution in [2.45, 2.75) is 71.6 Å². The van der Waals surface area contributed by atoms with Crippen molar-refractivity contribution in [3.63, 3.8) is 0 Å². The van der Waals surface area contributed by atoms with Gasteiger partial charge in [0, 0.05) is 36.6 Å². The summed E-state index contributed by atoms with van der Waals surface area (Å²) in [5, 5.41) is 18.0. The van der Waals surface area contributed by atoms with Gasteiger partial charge in [-0.15, -0.1) is 0 Å². The highest BCUT2D eigenvalue weighted by Crippen LogP contribution is 2.44. The van der Waals surface area contributed by atoms with E-state index in [2.05, 4.69) is 15.6 Å². The molecule has 1 aliphatic carbocycles. The molecule has 12 heteroatoms. The summed E-state index contributed by atoms with van der Waals surface area (Å²) in [4.78, 5) is 14.3. The lowest BCUT2D eigenvalue weighted by atomic mass is 10.1. The van der Waals surface area contributed by atoms with E-state index in [0.717, 1.165) is 22.2 Å². The predicted molar refractivity (Wildman–Crippen MR) is 169 cm³/mol. The number of furan rings is 1. The van der Waals surface area contributed by atoms with Crippen LogP contribution >= 0.6 is 0 Å². The van der Waals surface area contributed by atoms with Crippen LogP contribution in [0.1, 0.15) is 44.1 Å². The van der Waals surface area contributed by atoms with Crippen molar-refractivity contribution in [1.82, 2.24) is 15.0 Å². The first-order valence-electron chi connectivity index (χ1n) is 15.2. The number of anilines is 2. The molecule has 1 aromatic carbocycles. The van der Waals surface area contributed by atoms with E-state index in [1.54, 1.807) is 14.2 Å². The number of hydrogen-bond acceptors (Lipinski definition) is 12. The summed E-state index contributed by atoms with van der Waals surface area (Å²) < 4.78 is 35.5. The second-order valence-corrected chi connectivity index (χ2v) is 11.9. The highest BCUT2D eigenvalue weighted by Gasteiger charge is 2.54. The van der Waals surface area contributed by atoms with Crippen molar-refractivity contribution in [3.05, 3.63) is 47.3 Å². The number of nitrogens with one attached hydrogen (secondary N) is 2. The van der Waals surface area contributed by atoms with Crippen molar-refractivity contribution in [3.8, 4) is 28.7 Å². The number of nitrogens with zero attached hydrogens (tertiary/aromatic N) is 3. The number of methoxy groups -OCH3 is 2. The maximum Gasteiger partial charge on any atom is 0.225 e. The van der Waals surface area contributed by atoms with E-state index in [-0.39, 0.29) is 30.8 Å². The molecule has 1 saturated carbocycles. The van der Waals surface area contributed by atoms with Gasteiger partial charge in [-0.1, -0.05) is 0 Å². The molecule has 4 aromatic rings. The minimum absolute atomic E-state index is 0.00324. The minimum atomic E-state index is -0.750. The molecule has 12 nitrogen and oxygen atoms in total. The molecule has 0 bridgehead atoms. The third kappa shape index (κ3) is 6.22. The number of pyridine rings is 1. The second kappa shape index (κ2) is 12.3. The van der Waals surface area contributed by atoms with Gasteiger partial charge in [0.2, 0.25) is 11.8 Å². The van der Waals surface area contributed by atoms with Crippen molar-refractivity contribution in [1.29, 1.82) is 0 Å². The van der Waals surface area contributed by atoms with Crippen LogP contribution in [-0.2, 0) is 16.0 Å². The number of benzene rings is 1. The Morgan fingerprint density at radius 1 is 0.956 bits per heavy atom. The van der Waals surface area contributed by atoms with Crippen molar-refractivity contribution in [2.75, 3.05) is 38.1 Å². The topological polar surface area (TPSA) is 142 Å². The van der Waals surface area contributed by atoms with Gasteiger partial charge in [-0.05, 0) is 64.8 Å². The summed E-state index contributed by atoms with van der Waals surface area (Å²) in [5.74, 6) is 2.73. The highest BCUT2D eigenvalue weighted by atomic mass is 16.8. The van der Waals surface area contributed by atoms with Gasteiger partial charge in [0.15, 0.2) is 11.4 Å². The molecule has 3 aromatic heterocycles. The standard InChI is InChI=1S/C33H41N5O7/c1-8-42-26-13-20-12-25(43-28(20)18(3)35-26)27-17(2)36-32(34-15-19-9-22(40-6)14-23(10-19)41-7)38-31(27)37-24-11-21(16-39)29-30(24)45-33(4,5)44-29/h9-10,12-14,21,24,29-30,39H,8,11,15-16H2,1-7H3,(H2,34,36,37,38)/t21-,24-,29-,30+/m1/s1. The van der Waals surface area contributed by atoms with Crippen LogP contribution in [0, 0.1) is 19.8 Å². The van der Waals surface area contributed by atoms with Crippen molar-refractivity contribution >= 4 is 22.7 Å². The zero-order valence-electron chi connectivity index (χ0n) is 26.8. The quantitative estimate of drug-likeness (QED) is 0.202. The van der Waals surface area contributed by atoms with Crippen LogP contribution in [0.2, 0.25) is 0 Å². The summed E-state index contributed by atoms with van der Waals surface area (Å²) >= 11 is 0. The number of hydrogen-bond donors (Lipinski definition) is 3. The summed E-state index contributed by atoms with van der Waals surface area (Å²) in [6.07, 6.45) is 0.153. The Bertz CT molecular complexity index is 1670. The van der Waals surface area contributed by atoms with Crippen LogP contribution in [0.25, 0.3) is 22.3 Å². The molecular formula is C33H41N5O7. The second-order valence-electron chi connectivity index (χ2n) is 11.9. The fourth-order valence-corrected chi connectivity index (χ4v) is 6.30. The van der Waals surface area contributed by atoms with E-state index in [1.165, 1.54) is 0 Å². The fraction of sp³-hybridized carbons (Fsp3) is 0.485. The van der Waals surface area contributed by atoms with Crippen LogP contribution in [0.5, 0.6) is 17.4 Å². The lowest BCUT2D eigenvalue weighted by molar-refractivity contribution is -0.158. The van der Waals surface area contributed by atoms with Gasteiger partial charge in [-0.3, -0.25) is 0 Å². The normalized spacial score (nSPS) is 22.0. The van der Waals surface area contributed by atoms with Gasteiger partial charge in [0.05, 0.1) is 49.9 Å². The van der Waals surface area contributed by atoms with E-state index in [0.29, 0.717) is 65.8 Å². The van der Waals surface area contributed by atoms with Gasteiger partial charge in [0.1, 0.15) is 29.2 Å². The van der Waals surface area contributed by atoms with Crippen LogP contribution < -0.4 is 24.8 Å². The monoisotopic (exact) mass is 619 g/mol. The number of rotatable bonds is 11. The number of aromatic nitrogens is 3. The molecule has 1 saturated heterocycles. The van der Waals surface area contributed by atoms with Gasteiger partial charge >= 0.3 is 0 Å². The molecule has 0 radical (unpaired) electrons. The Morgan fingerprint density at radius 2 is 1.69 bits per heavy atom. The van der Waals surface area contributed by atoms with Crippen LogP contribution in [0.15, 0.2) is 34.7 Å². The fourth-order valence-electron chi connectivity index (χ4n) is 6.30. The molecule has 3 N–H and O–H groups in total. The average Bonchev–Trinajstić information content (AvgIpc) is 3.67. The van der Waals surface area contributed by atoms with Gasteiger partial charge in [-0.25, -0.2) is 9.97 Å². The molecule has 240 valence electrons. The molecule has 45 heavy (non-hydrogen) atoms. The van der Waals surface area contributed by atoms with E-state index in [4.69, 9.17) is 38.1 Å². The molecule has 0 unspecified atom stereocenters. The molecule has 6 rings (SSSR count). The largest absolute Gasteiger partial charge is 0.497 e. The van der Waals surface area contributed by atoms with Gasteiger partial charge < -0.3 is 43.8 Å². The minimum Gasteiger partial charge on any atom is -0.497 e. The molecule has 2 fully saturated rings. The van der Waals surface area contributed by atoms with Crippen molar-refractivity contribution in [2.24, 2.45) is 5.92 Å². The third-order valence-corrected chi connectivity index (χ3v) is 8.27. The molecular weight excluding hydrogens is 578 g/mol. The first kappa shape index (κ1) is 30.9. The molecule has 1 aliphatic heterocycles. The smallest absolute Gasteiger partial charge is 0.225 e. The maximum atomic E-state index is 10.2.